The van der Waals surface area contributed by atoms with Crippen LogP contribution in [0.4, 0.5) is 0 Å². The van der Waals surface area contributed by atoms with Crippen LogP contribution in [-0.4, -0.2) is 23.3 Å². The first-order valence-corrected chi connectivity index (χ1v) is 11.8. The molecule has 0 aromatic heterocycles. The van der Waals surface area contributed by atoms with Gasteiger partial charge in [-0.25, -0.2) is 0 Å². The van der Waals surface area contributed by atoms with Crippen molar-refractivity contribution in [1.29, 1.82) is 0 Å². The van der Waals surface area contributed by atoms with Crippen LogP contribution in [0, 0.1) is 39.9 Å². The number of rotatable bonds is 1. The maximum Gasteiger partial charge on any atom is 0.311 e. The molecule has 0 amide bonds. The van der Waals surface area contributed by atoms with Gasteiger partial charge in [0.25, 0.3) is 0 Å². The van der Waals surface area contributed by atoms with E-state index in [0.29, 0.717) is 17.3 Å². The summed E-state index contributed by atoms with van der Waals surface area (Å²) in [5.41, 5.74) is 0.0137. The van der Waals surface area contributed by atoms with Crippen molar-refractivity contribution in [1.82, 2.24) is 0 Å². The van der Waals surface area contributed by atoms with Crippen molar-refractivity contribution in [3.05, 3.63) is 0 Å². The van der Waals surface area contributed by atoms with Gasteiger partial charge in [-0.3, -0.25) is 4.79 Å². The number of hydrogen-bond donors (Lipinski definition) is 0. The smallest absolute Gasteiger partial charge is 0.311 e. The molecular weight excluding hydrogens is 348 g/mol. The molecule has 1 saturated heterocycles. The Balaban J connectivity index is 1.60. The van der Waals surface area contributed by atoms with Gasteiger partial charge in [0.1, 0.15) is 11.7 Å². The quantitative estimate of drug-likeness (QED) is 0.424. The molecule has 0 aromatic rings. The minimum absolute atomic E-state index is 0.0305. The number of hydrogen-bond acceptors (Lipinski definition) is 3. The van der Waals surface area contributed by atoms with E-state index >= 15 is 0 Å². The fourth-order valence-corrected chi connectivity index (χ4v) is 8.91. The average molecular weight is 389 g/mol. The van der Waals surface area contributed by atoms with Crippen molar-refractivity contribution < 1.29 is 14.3 Å². The second-order valence-corrected chi connectivity index (χ2v) is 12.8. The molecule has 4 saturated carbocycles. The summed E-state index contributed by atoms with van der Waals surface area (Å²) in [7, 11) is 0. The van der Waals surface area contributed by atoms with E-state index in [-0.39, 0.29) is 28.7 Å². The van der Waals surface area contributed by atoms with E-state index in [1.54, 1.807) is 0 Å². The molecule has 0 radical (unpaired) electrons. The van der Waals surface area contributed by atoms with Crippen molar-refractivity contribution in [2.24, 2.45) is 39.9 Å². The average Bonchev–Trinajstić information content (AvgIpc) is 3.04. The normalized spacial score (nSPS) is 57.0. The van der Waals surface area contributed by atoms with E-state index in [2.05, 4.69) is 27.7 Å². The molecule has 3 nitrogen and oxygen atoms in total. The lowest BCUT2D eigenvalue weighted by Crippen LogP contribution is -2.62. The highest BCUT2D eigenvalue weighted by Crippen LogP contribution is 2.80. The molecule has 1 unspecified atom stereocenters. The molecule has 1 heterocycles. The van der Waals surface area contributed by atoms with Crippen LogP contribution in [0.5, 0.6) is 0 Å². The molecule has 5 fully saturated rings. The molecule has 1 spiro atoms. The standard InChI is InChI=1S/C25H40O3/c1-15-8-9-16-14-18(27-20(26)21(2,3)4)22(5)12-13-25-19(22)24(16,7)17(15)10-11-23(25,6)28-25/h15-19H,8-14H2,1-7H3/t15-,16+,17?,18+,19+,22+,23+,24+,25-/m0/s1. The fraction of sp³-hybridized carbons (Fsp3) is 0.960. The molecule has 0 N–H and O–H groups in total. The van der Waals surface area contributed by atoms with Gasteiger partial charge in [0.05, 0.1) is 11.0 Å². The Hall–Kier alpha value is -0.570. The third-order valence-corrected chi connectivity index (χ3v) is 10.4. The molecule has 9 atom stereocenters. The predicted molar refractivity (Wildman–Crippen MR) is 110 cm³/mol. The summed E-state index contributed by atoms with van der Waals surface area (Å²) in [6.45, 7) is 15.9. The van der Waals surface area contributed by atoms with Gasteiger partial charge in [-0.1, -0.05) is 27.2 Å². The van der Waals surface area contributed by atoms with E-state index < -0.39 is 5.41 Å². The second-order valence-electron chi connectivity index (χ2n) is 12.8. The highest BCUT2D eigenvalue weighted by molar-refractivity contribution is 5.75. The van der Waals surface area contributed by atoms with Crippen LogP contribution in [-0.2, 0) is 14.3 Å². The van der Waals surface area contributed by atoms with Crippen LogP contribution in [0.25, 0.3) is 0 Å². The monoisotopic (exact) mass is 388 g/mol. The Morgan fingerprint density at radius 2 is 1.75 bits per heavy atom. The highest BCUT2D eigenvalue weighted by atomic mass is 16.6. The predicted octanol–water partition coefficient (Wildman–Crippen LogP) is 5.75. The second kappa shape index (κ2) is 5.37. The minimum Gasteiger partial charge on any atom is -0.461 e. The first-order chi connectivity index (χ1) is 12.9. The summed E-state index contributed by atoms with van der Waals surface area (Å²) < 4.78 is 13.0. The summed E-state index contributed by atoms with van der Waals surface area (Å²) >= 11 is 0. The van der Waals surface area contributed by atoms with Crippen LogP contribution >= 0.6 is 0 Å². The van der Waals surface area contributed by atoms with Gasteiger partial charge in [-0.05, 0) is 89.4 Å². The summed E-state index contributed by atoms with van der Waals surface area (Å²) in [6, 6.07) is 0. The minimum atomic E-state index is -0.439. The first-order valence-electron chi connectivity index (χ1n) is 11.8. The lowest BCUT2D eigenvalue weighted by atomic mass is 9.42. The van der Waals surface area contributed by atoms with Crippen LogP contribution in [0.15, 0.2) is 0 Å². The number of ether oxygens (including phenoxy) is 2. The van der Waals surface area contributed by atoms with Crippen molar-refractivity contribution in [2.75, 3.05) is 0 Å². The zero-order valence-corrected chi connectivity index (χ0v) is 19.1. The molecule has 1 aliphatic heterocycles. The lowest BCUT2D eigenvalue weighted by Gasteiger charge is -2.63. The highest BCUT2D eigenvalue weighted by Gasteiger charge is 2.83. The van der Waals surface area contributed by atoms with Gasteiger partial charge in [0.15, 0.2) is 0 Å². The van der Waals surface area contributed by atoms with Crippen molar-refractivity contribution >= 4 is 5.97 Å². The SMILES string of the molecule is C[C@H]1CC[C@@H]2C[C@@H](OC(=O)C(C)(C)C)[C@@]3(C)CC[C@@]45O[C@]4(C)CCC1[C@]2(C)[C@@H]35. The summed E-state index contributed by atoms with van der Waals surface area (Å²) in [4.78, 5) is 12.9. The molecule has 3 heteroatoms. The van der Waals surface area contributed by atoms with Gasteiger partial charge < -0.3 is 9.47 Å². The maximum atomic E-state index is 12.9. The van der Waals surface area contributed by atoms with Crippen LogP contribution in [0.2, 0.25) is 0 Å². The Labute approximate surface area is 171 Å². The van der Waals surface area contributed by atoms with Gasteiger partial charge in [0.2, 0.25) is 0 Å². The zero-order valence-electron chi connectivity index (χ0n) is 19.1. The van der Waals surface area contributed by atoms with E-state index in [1.165, 1.54) is 25.7 Å². The van der Waals surface area contributed by atoms with Crippen molar-refractivity contribution in [2.45, 2.75) is 111 Å². The van der Waals surface area contributed by atoms with E-state index in [0.717, 1.165) is 31.1 Å². The van der Waals surface area contributed by atoms with Gasteiger partial charge in [0, 0.05) is 11.3 Å². The van der Waals surface area contributed by atoms with Gasteiger partial charge >= 0.3 is 5.97 Å². The lowest BCUT2D eigenvalue weighted by molar-refractivity contribution is -0.208. The first kappa shape index (κ1) is 19.4. The topological polar surface area (TPSA) is 38.8 Å². The molecule has 28 heavy (non-hydrogen) atoms. The Bertz CT molecular complexity index is 709. The largest absolute Gasteiger partial charge is 0.461 e. The molecule has 4 aliphatic carbocycles. The Kier molecular flexibility index (Phi) is 3.72. The number of carbonyl (C=O) groups excluding carboxylic acids is 1. The molecule has 158 valence electrons. The number of esters is 1. The van der Waals surface area contributed by atoms with Crippen molar-refractivity contribution in [3.8, 4) is 0 Å². The van der Waals surface area contributed by atoms with Gasteiger partial charge in [-0.2, -0.15) is 0 Å². The molecule has 0 bridgehead atoms. The molecule has 5 rings (SSSR count). The zero-order chi connectivity index (χ0) is 20.3. The van der Waals surface area contributed by atoms with Crippen LogP contribution in [0.1, 0.15) is 93.4 Å². The Morgan fingerprint density at radius 1 is 1.04 bits per heavy atom. The molecule has 0 aromatic carbocycles. The Morgan fingerprint density at radius 3 is 2.43 bits per heavy atom. The van der Waals surface area contributed by atoms with Crippen LogP contribution < -0.4 is 0 Å². The van der Waals surface area contributed by atoms with E-state index in [9.17, 15) is 4.79 Å². The van der Waals surface area contributed by atoms with E-state index in [4.69, 9.17) is 9.47 Å². The third-order valence-electron chi connectivity index (χ3n) is 10.4. The maximum absolute atomic E-state index is 12.9. The van der Waals surface area contributed by atoms with Gasteiger partial charge in [-0.15, -0.1) is 0 Å². The number of carbonyl (C=O) groups is 1. The summed E-state index contributed by atoms with van der Waals surface area (Å²) in [5, 5.41) is 0. The molecule has 5 aliphatic rings. The summed E-state index contributed by atoms with van der Waals surface area (Å²) in [6.07, 6.45) is 8.53. The third kappa shape index (κ3) is 2.13. The summed E-state index contributed by atoms with van der Waals surface area (Å²) in [5.74, 6) is 2.74. The van der Waals surface area contributed by atoms with Crippen molar-refractivity contribution in [3.63, 3.8) is 0 Å². The fourth-order valence-electron chi connectivity index (χ4n) is 8.91. The number of epoxide rings is 1. The van der Waals surface area contributed by atoms with E-state index in [1.807, 2.05) is 20.8 Å². The molecular formula is C25H40O3. The van der Waals surface area contributed by atoms with Crippen LogP contribution in [0.3, 0.4) is 0 Å².